The van der Waals surface area contributed by atoms with E-state index in [0.717, 1.165) is 22.9 Å². The summed E-state index contributed by atoms with van der Waals surface area (Å²) in [6.45, 7) is 8.71. The van der Waals surface area contributed by atoms with Crippen molar-refractivity contribution in [3.63, 3.8) is 0 Å². The predicted octanol–water partition coefficient (Wildman–Crippen LogP) is 4.46. The zero-order valence-corrected chi connectivity index (χ0v) is 18.9. The fraction of sp³-hybridized carbons (Fsp3) is 0.375. The maximum absolute atomic E-state index is 12.2. The molecule has 32 heavy (non-hydrogen) atoms. The Labute approximate surface area is 186 Å². The molecule has 2 aromatic heterocycles. The van der Waals surface area contributed by atoms with E-state index in [1.165, 1.54) is 11.1 Å². The minimum Gasteiger partial charge on any atom is -0.490 e. The van der Waals surface area contributed by atoms with E-state index in [4.69, 9.17) is 13.6 Å². The lowest BCUT2D eigenvalue weighted by Crippen LogP contribution is -2.31. The van der Waals surface area contributed by atoms with E-state index in [1.807, 2.05) is 32.1 Å². The molecule has 0 radical (unpaired) electrons. The zero-order valence-electron chi connectivity index (χ0n) is 18.9. The predicted molar refractivity (Wildman–Crippen MR) is 123 cm³/mol. The van der Waals surface area contributed by atoms with Gasteiger partial charge in [0.1, 0.15) is 6.54 Å². The minimum atomic E-state index is -0.728. The van der Waals surface area contributed by atoms with Crippen molar-refractivity contribution in [3.8, 4) is 17.4 Å². The van der Waals surface area contributed by atoms with Crippen molar-refractivity contribution in [2.45, 2.75) is 47.1 Å². The highest BCUT2D eigenvalue weighted by Crippen LogP contribution is 2.32. The number of allylic oxidation sites excluding steroid dienone is 3. The Hall–Kier alpha value is -3.55. The van der Waals surface area contributed by atoms with Crippen LogP contribution in [0, 0.1) is 0 Å². The SMILES string of the molecule is CCOc1cccc2cc(-c3nn(CC(=O)NC/C=C(\C)CCC=C(C)C)c(=O)o3)oc12. The molecule has 1 N–H and O–H groups in total. The van der Waals surface area contributed by atoms with Gasteiger partial charge in [-0.15, -0.1) is 5.10 Å². The average molecular weight is 440 g/mol. The smallest absolute Gasteiger partial charge is 0.437 e. The second-order valence-corrected chi connectivity index (χ2v) is 7.72. The Balaban J connectivity index is 1.63. The van der Waals surface area contributed by atoms with E-state index < -0.39 is 5.76 Å². The second-order valence-electron chi connectivity index (χ2n) is 7.72. The number of ether oxygens (including phenoxy) is 1. The van der Waals surface area contributed by atoms with Gasteiger partial charge in [-0.2, -0.15) is 4.68 Å². The number of rotatable bonds is 10. The number of benzene rings is 1. The van der Waals surface area contributed by atoms with Gasteiger partial charge in [0.25, 0.3) is 5.89 Å². The average Bonchev–Trinajstić information content (AvgIpc) is 3.32. The van der Waals surface area contributed by atoms with Crippen molar-refractivity contribution < 1.29 is 18.4 Å². The van der Waals surface area contributed by atoms with E-state index in [9.17, 15) is 9.59 Å². The van der Waals surface area contributed by atoms with Gasteiger partial charge in [0.2, 0.25) is 5.91 Å². The molecule has 0 bridgehead atoms. The normalized spacial score (nSPS) is 11.6. The summed E-state index contributed by atoms with van der Waals surface area (Å²) in [5.74, 6) is -0.158. The molecule has 0 aliphatic rings. The number of nitrogens with zero attached hydrogens (tertiary/aromatic N) is 2. The number of nitrogens with one attached hydrogen (secondary N) is 1. The van der Waals surface area contributed by atoms with Crippen molar-refractivity contribution in [1.29, 1.82) is 0 Å². The largest absolute Gasteiger partial charge is 0.490 e. The first-order valence-corrected chi connectivity index (χ1v) is 10.7. The maximum Gasteiger partial charge on any atom is 0.437 e. The molecule has 8 nitrogen and oxygen atoms in total. The Bertz CT molecular complexity index is 1190. The molecular weight excluding hydrogens is 410 g/mol. The summed E-state index contributed by atoms with van der Waals surface area (Å²) in [7, 11) is 0. The van der Waals surface area contributed by atoms with Crippen LogP contribution in [0.4, 0.5) is 0 Å². The van der Waals surface area contributed by atoms with Crippen LogP contribution in [0.2, 0.25) is 0 Å². The summed E-state index contributed by atoms with van der Waals surface area (Å²) in [6, 6.07) is 7.23. The van der Waals surface area contributed by atoms with Crippen molar-refractivity contribution in [3.05, 3.63) is 58.1 Å². The third-order valence-electron chi connectivity index (χ3n) is 4.76. The summed E-state index contributed by atoms with van der Waals surface area (Å²) < 4.78 is 17.5. The molecular formula is C24H29N3O5. The van der Waals surface area contributed by atoms with Gasteiger partial charge in [-0.25, -0.2) is 4.79 Å². The molecule has 8 heteroatoms. The number of hydrogen-bond donors (Lipinski definition) is 1. The van der Waals surface area contributed by atoms with Crippen LogP contribution >= 0.6 is 0 Å². The number of aromatic nitrogens is 2. The quantitative estimate of drug-likeness (QED) is 0.468. The number of carbonyl (C=O) groups is 1. The number of amides is 1. The van der Waals surface area contributed by atoms with Crippen LogP contribution in [0.15, 0.2) is 61.2 Å². The summed E-state index contributed by atoms with van der Waals surface area (Å²) in [5.41, 5.74) is 3.03. The van der Waals surface area contributed by atoms with Gasteiger partial charge < -0.3 is 18.9 Å². The number of fused-ring (bicyclic) bond motifs is 1. The first kappa shape index (κ1) is 23.1. The molecule has 0 aliphatic carbocycles. The molecule has 3 rings (SSSR count). The van der Waals surface area contributed by atoms with Gasteiger partial charge in [-0.1, -0.05) is 35.4 Å². The number of furan rings is 1. The molecule has 0 aliphatic heterocycles. The van der Waals surface area contributed by atoms with Crippen LogP contribution in [0.3, 0.4) is 0 Å². The van der Waals surface area contributed by atoms with Crippen molar-refractivity contribution in [2.24, 2.45) is 0 Å². The van der Waals surface area contributed by atoms with Crippen molar-refractivity contribution in [2.75, 3.05) is 13.2 Å². The molecule has 2 heterocycles. The summed E-state index contributed by atoms with van der Waals surface area (Å²) in [5, 5.41) is 7.68. The standard InChI is InChI=1S/C24H29N3O5/c1-5-30-19-11-7-10-18-14-20(31-22(18)19)23-26-27(24(29)32-23)15-21(28)25-13-12-17(4)9-6-8-16(2)3/h7-8,10-12,14H,5-6,9,13,15H2,1-4H3,(H,25,28)/b17-12+. The van der Waals surface area contributed by atoms with Gasteiger partial charge in [-0.05, 0) is 52.7 Å². The lowest BCUT2D eigenvalue weighted by molar-refractivity contribution is -0.121. The van der Waals surface area contributed by atoms with Gasteiger partial charge >= 0.3 is 5.76 Å². The van der Waals surface area contributed by atoms with Gasteiger partial charge in [0.15, 0.2) is 17.1 Å². The van der Waals surface area contributed by atoms with Crippen LogP contribution in [-0.2, 0) is 11.3 Å². The van der Waals surface area contributed by atoms with Crippen molar-refractivity contribution >= 4 is 16.9 Å². The monoisotopic (exact) mass is 439 g/mol. The second kappa shape index (κ2) is 10.7. The molecule has 0 saturated heterocycles. The molecule has 0 fully saturated rings. The molecule has 0 atom stereocenters. The van der Waals surface area contributed by atoms with E-state index >= 15 is 0 Å². The topological polar surface area (TPSA) is 99.5 Å². The Kier molecular flexibility index (Phi) is 7.70. The first-order chi connectivity index (χ1) is 15.4. The lowest BCUT2D eigenvalue weighted by Gasteiger charge is -2.03. The summed E-state index contributed by atoms with van der Waals surface area (Å²) >= 11 is 0. The fourth-order valence-electron chi connectivity index (χ4n) is 3.14. The fourth-order valence-corrected chi connectivity index (χ4v) is 3.14. The van der Waals surface area contributed by atoms with Gasteiger partial charge in [-0.3, -0.25) is 4.79 Å². The van der Waals surface area contributed by atoms with Gasteiger partial charge in [0, 0.05) is 11.9 Å². The minimum absolute atomic E-state index is 0.0106. The van der Waals surface area contributed by atoms with Crippen LogP contribution < -0.4 is 15.8 Å². The molecule has 1 amide bonds. The third-order valence-corrected chi connectivity index (χ3v) is 4.76. The van der Waals surface area contributed by atoms with Crippen LogP contribution in [-0.4, -0.2) is 28.8 Å². The molecule has 0 unspecified atom stereocenters. The van der Waals surface area contributed by atoms with Gasteiger partial charge in [0.05, 0.1) is 6.61 Å². The molecule has 1 aromatic carbocycles. The lowest BCUT2D eigenvalue weighted by atomic mass is 10.1. The third kappa shape index (κ3) is 6.00. The van der Waals surface area contributed by atoms with E-state index in [1.54, 1.807) is 12.1 Å². The number of para-hydroxylation sites is 1. The highest BCUT2D eigenvalue weighted by molar-refractivity contribution is 5.86. The molecule has 0 saturated carbocycles. The number of carbonyl (C=O) groups excluding carboxylic acids is 1. The Morgan fingerprint density at radius 1 is 1.22 bits per heavy atom. The van der Waals surface area contributed by atoms with Crippen molar-refractivity contribution in [1.82, 2.24) is 15.1 Å². The van der Waals surface area contributed by atoms with E-state index in [2.05, 4.69) is 30.3 Å². The first-order valence-electron chi connectivity index (χ1n) is 10.7. The van der Waals surface area contributed by atoms with E-state index in [0.29, 0.717) is 30.2 Å². The Morgan fingerprint density at radius 3 is 2.78 bits per heavy atom. The Morgan fingerprint density at radius 2 is 2.03 bits per heavy atom. The zero-order chi connectivity index (χ0) is 23.1. The van der Waals surface area contributed by atoms with Crippen LogP contribution in [0.1, 0.15) is 40.5 Å². The number of hydrogen-bond acceptors (Lipinski definition) is 6. The molecule has 170 valence electrons. The summed E-state index contributed by atoms with van der Waals surface area (Å²) in [6.07, 6.45) is 6.07. The van der Waals surface area contributed by atoms with E-state index in [-0.39, 0.29) is 18.3 Å². The highest BCUT2D eigenvalue weighted by Gasteiger charge is 2.18. The van der Waals surface area contributed by atoms with Crippen LogP contribution in [0.25, 0.3) is 22.6 Å². The maximum atomic E-state index is 12.2. The molecule has 0 spiro atoms. The highest BCUT2D eigenvalue weighted by atomic mass is 16.5. The van der Waals surface area contributed by atoms with Crippen LogP contribution in [0.5, 0.6) is 5.75 Å². The summed E-state index contributed by atoms with van der Waals surface area (Å²) in [4.78, 5) is 24.4. The molecule has 3 aromatic rings.